The molecule has 0 spiro atoms. The summed E-state index contributed by atoms with van der Waals surface area (Å²) in [5.74, 6) is -1.37. The van der Waals surface area contributed by atoms with Crippen molar-refractivity contribution in [1.82, 2.24) is 9.78 Å². The molecule has 0 atom stereocenters. The van der Waals surface area contributed by atoms with Gasteiger partial charge < -0.3 is 10.6 Å². The van der Waals surface area contributed by atoms with Crippen LogP contribution in [0.15, 0.2) is 54.6 Å². The van der Waals surface area contributed by atoms with Gasteiger partial charge in [0, 0.05) is 29.9 Å². The molecule has 0 saturated heterocycles. The molecule has 0 radical (unpaired) electrons. The molecule has 29 heavy (non-hydrogen) atoms. The van der Waals surface area contributed by atoms with Gasteiger partial charge >= 0.3 is 0 Å². The fourth-order valence-electron chi connectivity index (χ4n) is 2.95. The highest BCUT2D eigenvalue weighted by atomic mass is 19.1. The van der Waals surface area contributed by atoms with E-state index < -0.39 is 11.7 Å². The summed E-state index contributed by atoms with van der Waals surface area (Å²) in [6.07, 6.45) is 2.98. The lowest BCUT2D eigenvalue weighted by molar-refractivity contribution is -0.114. The van der Waals surface area contributed by atoms with Crippen molar-refractivity contribution in [3.05, 3.63) is 77.4 Å². The molecule has 3 rings (SSSR count). The number of aromatic nitrogens is 2. The Morgan fingerprint density at radius 3 is 2.48 bits per heavy atom. The molecule has 0 saturated carbocycles. The molecule has 6 nitrogen and oxygen atoms in total. The van der Waals surface area contributed by atoms with Crippen molar-refractivity contribution < 1.29 is 14.0 Å². The maximum absolute atomic E-state index is 14.0. The van der Waals surface area contributed by atoms with E-state index in [2.05, 4.69) is 15.7 Å². The molecule has 2 N–H and O–H groups in total. The van der Waals surface area contributed by atoms with Crippen molar-refractivity contribution >= 4 is 29.3 Å². The Balaban J connectivity index is 1.78. The maximum atomic E-state index is 14.0. The van der Waals surface area contributed by atoms with Gasteiger partial charge in [-0.1, -0.05) is 18.2 Å². The standard InChI is InChI=1S/C22H21FN4O2/c1-14-19(15(2)27(26-14)18-7-5-4-6-8-18)10-12-22(29)25-21-13-17(24-16(3)28)9-11-20(21)23/h4-13H,1-3H3,(H,24,28)(H,25,29)/b12-10+. The van der Waals surface area contributed by atoms with E-state index in [1.165, 1.54) is 31.2 Å². The van der Waals surface area contributed by atoms with Crippen LogP contribution in [0.4, 0.5) is 15.8 Å². The zero-order valence-electron chi connectivity index (χ0n) is 16.4. The van der Waals surface area contributed by atoms with E-state index in [1.807, 2.05) is 48.9 Å². The minimum absolute atomic E-state index is 0.0145. The van der Waals surface area contributed by atoms with Gasteiger partial charge in [-0.15, -0.1) is 0 Å². The molecule has 2 amide bonds. The molecule has 7 heteroatoms. The number of nitrogens with one attached hydrogen (secondary N) is 2. The normalized spacial score (nSPS) is 10.9. The van der Waals surface area contributed by atoms with Crippen LogP contribution < -0.4 is 10.6 Å². The number of rotatable bonds is 5. The predicted molar refractivity (Wildman–Crippen MR) is 111 cm³/mol. The molecule has 0 bridgehead atoms. The number of carbonyl (C=O) groups is 2. The van der Waals surface area contributed by atoms with Gasteiger partial charge in [0.1, 0.15) is 5.82 Å². The van der Waals surface area contributed by atoms with Gasteiger partial charge in [0.15, 0.2) is 0 Å². The van der Waals surface area contributed by atoms with Gasteiger partial charge in [-0.2, -0.15) is 5.10 Å². The third-order valence-corrected chi connectivity index (χ3v) is 4.29. The second-order valence-corrected chi connectivity index (χ2v) is 6.53. The summed E-state index contributed by atoms with van der Waals surface area (Å²) in [6, 6.07) is 13.7. The number of hydrogen-bond donors (Lipinski definition) is 2. The Morgan fingerprint density at radius 1 is 1.07 bits per heavy atom. The van der Waals surface area contributed by atoms with E-state index in [1.54, 1.807) is 6.08 Å². The molecule has 1 heterocycles. The maximum Gasteiger partial charge on any atom is 0.248 e. The Hall–Kier alpha value is -3.74. The monoisotopic (exact) mass is 392 g/mol. The molecule has 0 aliphatic heterocycles. The summed E-state index contributed by atoms with van der Waals surface area (Å²) in [6.45, 7) is 5.13. The lowest BCUT2D eigenvalue weighted by Crippen LogP contribution is -2.11. The highest BCUT2D eigenvalue weighted by Gasteiger charge is 2.11. The first-order valence-electron chi connectivity index (χ1n) is 9.03. The van der Waals surface area contributed by atoms with Crippen LogP contribution in [0.5, 0.6) is 0 Å². The van der Waals surface area contributed by atoms with Crippen molar-refractivity contribution in [3.63, 3.8) is 0 Å². The van der Waals surface area contributed by atoms with Crippen molar-refractivity contribution in [3.8, 4) is 5.69 Å². The van der Waals surface area contributed by atoms with Crippen LogP contribution >= 0.6 is 0 Å². The molecular weight excluding hydrogens is 371 g/mol. The number of halogens is 1. The first kappa shape index (κ1) is 20.0. The minimum Gasteiger partial charge on any atom is -0.326 e. The van der Waals surface area contributed by atoms with E-state index in [-0.39, 0.29) is 11.6 Å². The summed E-state index contributed by atoms with van der Waals surface area (Å²) in [4.78, 5) is 23.4. The number of para-hydroxylation sites is 1. The van der Waals surface area contributed by atoms with Crippen LogP contribution in [-0.2, 0) is 9.59 Å². The van der Waals surface area contributed by atoms with E-state index in [0.29, 0.717) is 5.69 Å². The van der Waals surface area contributed by atoms with Gasteiger partial charge in [-0.3, -0.25) is 9.59 Å². The predicted octanol–water partition coefficient (Wildman–Crippen LogP) is 4.24. The number of carbonyl (C=O) groups excluding carboxylic acids is 2. The second kappa shape index (κ2) is 8.52. The molecule has 148 valence electrons. The number of nitrogens with zero attached hydrogens (tertiary/aromatic N) is 2. The van der Waals surface area contributed by atoms with Crippen LogP contribution in [0.1, 0.15) is 23.9 Å². The third kappa shape index (κ3) is 4.76. The highest BCUT2D eigenvalue weighted by Crippen LogP contribution is 2.21. The zero-order chi connectivity index (χ0) is 21.0. The molecule has 1 aromatic heterocycles. The van der Waals surface area contributed by atoms with Crippen LogP contribution in [0, 0.1) is 19.7 Å². The Morgan fingerprint density at radius 2 is 1.79 bits per heavy atom. The molecule has 2 aromatic carbocycles. The summed E-state index contributed by atoms with van der Waals surface area (Å²) in [5, 5.41) is 9.57. The SMILES string of the molecule is CC(=O)Nc1ccc(F)c(NC(=O)/C=C/c2c(C)nn(-c3ccccc3)c2C)c1. The minimum atomic E-state index is -0.592. The van der Waals surface area contributed by atoms with E-state index in [0.717, 1.165) is 22.6 Å². The van der Waals surface area contributed by atoms with Crippen LogP contribution in [0.3, 0.4) is 0 Å². The fraction of sp³-hybridized carbons (Fsp3) is 0.136. The quantitative estimate of drug-likeness (QED) is 0.638. The molecule has 0 aliphatic rings. The Labute approximate surface area is 168 Å². The number of benzene rings is 2. The first-order valence-corrected chi connectivity index (χ1v) is 9.03. The van der Waals surface area contributed by atoms with Gasteiger partial charge in [-0.25, -0.2) is 9.07 Å². The van der Waals surface area contributed by atoms with Crippen LogP contribution in [0.2, 0.25) is 0 Å². The number of amides is 2. The Bertz CT molecular complexity index is 1090. The van der Waals surface area contributed by atoms with Gasteiger partial charge in [0.05, 0.1) is 17.1 Å². The van der Waals surface area contributed by atoms with E-state index >= 15 is 0 Å². The summed E-state index contributed by atoms with van der Waals surface area (Å²) in [5.41, 5.74) is 3.78. The lowest BCUT2D eigenvalue weighted by Gasteiger charge is -2.07. The van der Waals surface area contributed by atoms with E-state index in [4.69, 9.17) is 0 Å². The fourth-order valence-corrected chi connectivity index (χ4v) is 2.95. The average molecular weight is 392 g/mol. The largest absolute Gasteiger partial charge is 0.326 e. The number of hydrogen-bond acceptors (Lipinski definition) is 3. The third-order valence-electron chi connectivity index (χ3n) is 4.29. The number of aryl methyl sites for hydroxylation is 1. The number of anilines is 2. The van der Waals surface area contributed by atoms with Gasteiger partial charge in [0.25, 0.3) is 0 Å². The first-order chi connectivity index (χ1) is 13.8. The molecular formula is C22H21FN4O2. The summed E-state index contributed by atoms with van der Waals surface area (Å²) < 4.78 is 15.8. The van der Waals surface area contributed by atoms with Crippen molar-refractivity contribution in [2.45, 2.75) is 20.8 Å². The zero-order valence-corrected chi connectivity index (χ0v) is 16.4. The molecule has 0 fully saturated rings. The smallest absolute Gasteiger partial charge is 0.248 e. The molecule has 0 aliphatic carbocycles. The van der Waals surface area contributed by atoms with Gasteiger partial charge in [-0.05, 0) is 50.3 Å². The summed E-state index contributed by atoms with van der Waals surface area (Å²) in [7, 11) is 0. The van der Waals surface area contributed by atoms with Crippen LogP contribution in [0.25, 0.3) is 11.8 Å². The van der Waals surface area contributed by atoms with Crippen molar-refractivity contribution in [2.24, 2.45) is 0 Å². The van der Waals surface area contributed by atoms with Crippen molar-refractivity contribution in [2.75, 3.05) is 10.6 Å². The lowest BCUT2D eigenvalue weighted by atomic mass is 10.2. The topological polar surface area (TPSA) is 76.0 Å². The summed E-state index contributed by atoms with van der Waals surface area (Å²) >= 11 is 0. The average Bonchev–Trinajstić information content (AvgIpc) is 2.97. The van der Waals surface area contributed by atoms with Crippen molar-refractivity contribution in [1.29, 1.82) is 0 Å². The van der Waals surface area contributed by atoms with Gasteiger partial charge in [0.2, 0.25) is 11.8 Å². The second-order valence-electron chi connectivity index (χ2n) is 6.53. The van der Waals surface area contributed by atoms with E-state index in [9.17, 15) is 14.0 Å². The molecule has 3 aromatic rings. The highest BCUT2D eigenvalue weighted by molar-refractivity contribution is 6.02. The van der Waals surface area contributed by atoms with Crippen LogP contribution in [-0.4, -0.2) is 21.6 Å². The molecule has 0 unspecified atom stereocenters. The Kier molecular flexibility index (Phi) is 5.87.